The molecule has 0 saturated carbocycles. The Labute approximate surface area is 168 Å². The largest absolute Gasteiger partial charge is 0.484 e. The highest BCUT2D eigenvalue weighted by Crippen LogP contribution is 2.21. The van der Waals surface area contributed by atoms with Gasteiger partial charge in [-0.15, -0.1) is 0 Å². The van der Waals surface area contributed by atoms with Gasteiger partial charge in [0.25, 0.3) is 5.91 Å². The van der Waals surface area contributed by atoms with Crippen molar-refractivity contribution in [3.8, 4) is 5.75 Å². The van der Waals surface area contributed by atoms with Gasteiger partial charge in [-0.25, -0.2) is 8.42 Å². The average molecular weight is 455 g/mol. The molecule has 0 aliphatic heterocycles. The minimum absolute atomic E-state index is 0.121. The van der Waals surface area contributed by atoms with Gasteiger partial charge < -0.3 is 10.1 Å². The number of hydrogen-bond donors (Lipinski definition) is 1. The Morgan fingerprint density at radius 1 is 1.15 bits per heavy atom. The van der Waals surface area contributed by atoms with Crippen LogP contribution in [-0.4, -0.2) is 33.7 Å². The van der Waals surface area contributed by atoms with Crippen LogP contribution in [0.15, 0.2) is 53.0 Å². The van der Waals surface area contributed by atoms with Crippen LogP contribution >= 0.6 is 15.9 Å². The summed E-state index contributed by atoms with van der Waals surface area (Å²) in [4.78, 5) is 12.1. The number of carbonyl (C=O) groups is 1. The molecule has 2 aromatic carbocycles. The number of carbonyl (C=O) groups excluding carboxylic acids is 1. The summed E-state index contributed by atoms with van der Waals surface area (Å²) in [6.45, 7) is 3.89. The zero-order valence-corrected chi connectivity index (χ0v) is 17.9. The molecule has 2 aromatic rings. The Balaban J connectivity index is 1.90. The van der Waals surface area contributed by atoms with Crippen LogP contribution in [0.3, 0.4) is 0 Å². The van der Waals surface area contributed by atoms with E-state index in [4.69, 9.17) is 4.74 Å². The number of halogens is 1. The molecule has 1 unspecified atom stereocenters. The minimum Gasteiger partial charge on any atom is -0.484 e. The standard InChI is InChI=1S/C19H23BrN2O4S/c1-4-22(27(3,24)25)17-9-11-18(12-10-17)26-13-19(23)21-14(2)15-5-7-16(20)8-6-15/h5-12,14H,4,13H2,1-3H3,(H,21,23). The van der Waals surface area contributed by atoms with Crippen molar-refractivity contribution in [3.05, 3.63) is 58.6 Å². The molecule has 1 amide bonds. The van der Waals surface area contributed by atoms with Crippen LogP contribution in [0.5, 0.6) is 5.75 Å². The Kier molecular flexibility index (Phi) is 7.26. The van der Waals surface area contributed by atoms with Crippen molar-refractivity contribution in [1.82, 2.24) is 5.32 Å². The van der Waals surface area contributed by atoms with E-state index in [0.717, 1.165) is 16.3 Å². The lowest BCUT2D eigenvalue weighted by atomic mass is 10.1. The molecule has 1 N–H and O–H groups in total. The molecule has 0 bridgehead atoms. The van der Waals surface area contributed by atoms with Gasteiger partial charge in [0, 0.05) is 11.0 Å². The molecular weight excluding hydrogens is 432 g/mol. The van der Waals surface area contributed by atoms with Crippen molar-refractivity contribution in [2.45, 2.75) is 19.9 Å². The van der Waals surface area contributed by atoms with Crippen LogP contribution in [0.25, 0.3) is 0 Å². The topological polar surface area (TPSA) is 75.7 Å². The average Bonchev–Trinajstić information content (AvgIpc) is 2.61. The van der Waals surface area contributed by atoms with Crippen LogP contribution in [0.1, 0.15) is 25.5 Å². The number of nitrogens with one attached hydrogen (secondary N) is 1. The number of sulfonamides is 1. The lowest BCUT2D eigenvalue weighted by molar-refractivity contribution is -0.123. The maximum absolute atomic E-state index is 12.1. The van der Waals surface area contributed by atoms with E-state index in [1.807, 2.05) is 31.2 Å². The maximum atomic E-state index is 12.1. The van der Waals surface area contributed by atoms with Gasteiger partial charge in [-0.3, -0.25) is 9.10 Å². The quantitative estimate of drug-likeness (QED) is 0.661. The van der Waals surface area contributed by atoms with Crippen molar-refractivity contribution >= 4 is 37.5 Å². The maximum Gasteiger partial charge on any atom is 0.258 e. The van der Waals surface area contributed by atoms with E-state index >= 15 is 0 Å². The van der Waals surface area contributed by atoms with Crippen molar-refractivity contribution in [3.63, 3.8) is 0 Å². The number of ether oxygens (including phenoxy) is 1. The van der Waals surface area contributed by atoms with E-state index in [2.05, 4.69) is 21.2 Å². The molecule has 27 heavy (non-hydrogen) atoms. The first kappa shape index (κ1) is 21.2. The number of amides is 1. The molecule has 8 heteroatoms. The fourth-order valence-electron chi connectivity index (χ4n) is 2.58. The van der Waals surface area contributed by atoms with Gasteiger partial charge in [0.15, 0.2) is 6.61 Å². The van der Waals surface area contributed by atoms with Gasteiger partial charge in [0.05, 0.1) is 18.0 Å². The third-order valence-corrected chi connectivity index (χ3v) is 5.73. The fraction of sp³-hybridized carbons (Fsp3) is 0.316. The third-order valence-electron chi connectivity index (χ3n) is 3.93. The monoisotopic (exact) mass is 454 g/mol. The van der Waals surface area contributed by atoms with Gasteiger partial charge >= 0.3 is 0 Å². The van der Waals surface area contributed by atoms with Gasteiger partial charge in [0.1, 0.15) is 5.75 Å². The second-order valence-electron chi connectivity index (χ2n) is 6.05. The lowest BCUT2D eigenvalue weighted by Crippen LogP contribution is -2.31. The highest BCUT2D eigenvalue weighted by molar-refractivity contribution is 9.10. The predicted molar refractivity (Wildman–Crippen MR) is 111 cm³/mol. The van der Waals surface area contributed by atoms with Crippen LogP contribution < -0.4 is 14.4 Å². The zero-order chi connectivity index (χ0) is 20.0. The Bertz CT molecular complexity index is 868. The number of nitrogens with zero attached hydrogens (tertiary/aromatic N) is 1. The molecular formula is C19H23BrN2O4S. The zero-order valence-electron chi connectivity index (χ0n) is 15.5. The van der Waals surface area contributed by atoms with Gasteiger partial charge in [-0.05, 0) is 55.8 Å². The molecule has 0 aliphatic rings. The van der Waals surface area contributed by atoms with Crippen LogP contribution in [-0.2, 0) is 14.8 Å². The highest BCUT2D eigenvalue weighted by Gasteiger charge is 2.15. The van der Waals surface area contributed by atoms with Crippen LogP contribution in [0.4, 0.5) is 5.69 Å². The molecule has 0 aliphatic carbocycles. The summed E-state index contributed by atoms with van der Waals surface area (Å²) in [5.74, 6) is 0.260. The van der Waals surface area contributed by atoms with Crippen molar-refractivity contribution in [2.75, 3.05) is 23.7 Å². The number of anilines is 1. The van der Waals surface area contributed by atoms with Crippen molar-refractivity contribution < 1.29 is 17.9 Å². The Morgan fingerprint density at radius 3 is 2.26 bits per heavy atom. The van der Waals surface area contributed by atoms with E-state index in [-0.39, 0.29) is 18.6 Å². The number of benzene rings is 2. The van der Waals surface area contributed by atoms with E-state index in [9.17, 15) is 13.2 Å². The summed E-state index contributed by atoms with van der Waals surface area (Å²) in [5.41, 5.74) is 1.55. The van der Waals surface area contributed by atoms with Crippen molar-refractivity contribution in [1.29, 1.82) is 0 Å². The molecule has 1 atom stereocenters. The summed E-state index contributed by atoms with van der Waals surface area (Å²) in [7, 11) is -3.32. The lowest BCUT2D eigenvalue weighted by Gasteiger charge is -2.20. The fourth-order valence-corrected chi connectivity index (χ4v) is 3.82. The van der Waals surface area contributed by atoms with Gasteiger partial charge in [-0.1, -0.05) is 28.1 Å². The van der Waals surface area contributed by atoms with Crippen molar-refractivity contribution in [2.24, 2.45) is 0 Å². The first-order valence-corrected chi connectivity index (χ1v) is 11.1. The van der Waals surface area contributed by atoms with E-state index < -0.39 is 10.0 Å². The normalized spacial score (nSPS) is 12.3. The SMILES string of the molecule is CCN(c1ccc(OCC(=O)NC(C)c2ccc(Br)cc2)cc1)S(C)(=O)=O. The number of hydrogen-bond acceptors (Lipinski definition) is 4. The Hall–Kier alpha value is -2.06. The van der Waals surface area contributed by atoms with E-state index in [1.54, 1.807) is 31.2 Å². The molecule has 146 valence electrons. The summed E-state index contributed by atoms with van der Waals surface area (Å²) in [6, 6.07) is 14.2. The molecule has 0 radical (unpaired) electrons. The first-order valence-electron chi connectivity index (χ1n) is 8.46. The third kappa shape index (κ3) is 6.25. The highest BCUT2D eigenvalue weighted by atomic mass is 79.9. The summed E-state index contributed by atoms with van der Waals surface area (Å²) in [6.07, 6.45) is 1.16. The molecule has 6 nitrogen and oxygen atoms in total. The molecule has 0 saturated heterocycles. The first-order chi connectivity index (χ1) is 12.7. The van der Waals surface area contributed by atoms with E-state index in [1.165, 1.54) is 4.31 Å². The van der Waals surface area contributed by atoms with Crippen LogP contribution in [0.2, 0.25) is 0 Å². The molecule has 0 spiro atoms. The molecule has 0 aromatic heterocycles. The minimum atomic E-state index is -3.32. The second kappa shape index (κ2) is 9.23. The summed E-state index contributed by atoms with van der Waals surface area (Å²) >= 11 is 3.38. The number of rotatable bonds is 8. The summed E-state index contributed by atoms with van der Waals surface area (Å²) < 4.78 is 31.2. The summed E-state index contributed by atoms with van der Waals surface area (Å²) in [5, 5.41) is 2.88. The predicted octanol–water partition coefficient (Wildman–Crippen LogP) is 3.49. The van der Waals surface area contributed by atoms with Gasteiger partial charge in [-0.2, -0.15) is 0 Å². The molecule has 2 rings (SSSR count). The second-order valence-corrected chi connectivity index (χ2v) is 8.87. The van der Waals surface area contributed by atoms with Gasteiger partial charge in [0.2, 0.25) is 10.0 Å². The van der Waals surface area contributed by atoms with Crippen LogP contribution in [0, 0.1) is 0 Å². The Morgan fingerprint density at radius 2 is 1.74 bits per heavy atom. The van der Waals surface area contributed by atoms with E-state index in [0.29, 0.717) is 18.0 Å². The molecule has 0 fully saturated rings. The smallest absolute Gasteiger partial charge is 0.258 e. The molecule has 0 heterocycles.